The van der Waals surface area contributed by atoms with E-state index in [9.17, 15) is 9.59 Å². The minimum Gasteiger partial charge on any atom is -0.457 e. The second-order valence-corrected chi connectivity index (χ2v) is 8.01. The van der Waals surface area contributed by atoms with Crippen molar-refractivity contribution in [1.29, 1.82) is 0 Å². The summed E-state index contributed by atoms with van der Waals surface area (Å²) in [7, 11) is 0. The van der Waals surface area contributed by atoms with E-state index in [1.807, 2.05) is 13.0 Å². The summed E-state index contributed by atoms with van der Waals surface area (Å²) in [5.74, 6) is 0.485. The van der Waals surface area contributed by atoms with Gasteiger partial charge in [0.25, 0.3) is 0 Å². The number of hydrogen-bond donors (Lipinski definition) is 2. The van der Waals surface area contributed by atoms with Gasteiger partial charge in [0.05, 0.1) is 11.3 Å². The summed E-state index contributed by atoms with van der Waals surface area (Å²) in [6.45, 7) is 13.3. The molecule has 5 nitrogen and oxygen atoms in total. The highest BCUT2D eigenvalue weighted by Gasteiger charge is 2.12. The Hall–Kier alpha value is -2.66. The SMILES string of the molecule is CC(=O)C(=Cc1ccc(-c2ccc(NO)cc2C)o1)C(C)=O.CC(C)(C)C. The fourth-order valence-electron chi connectivity index (χ4n) is 2.18. The maximum atomic E-state index is 11.4. The van der Waals surface area contributed by atoms with Gasteiger partial charge >= 0.3 is 0 Å². The molecule has 2 rings (SSSR count). The lowest BCUT2D eigenvalue weighted by Crippen LogP contribution is -2.05. The van der Waals surface area contributed by atoms with Gasteiger partial charge in [0.2, 0.25) is 0 Å². The summed E-state index contributed by atoms with van der Waals surface area (Å²) in [5, 5.41) is 8.89. The van der Waals surface area contributed by atoms with E-state index in [0.717, 1.165) is 11.1 Å². The highest BCUT2D eigenvalue weighted by atomic mass is 16.5. The fourth-order valence-corrected chi connectivity index (χ4v) is 2.18. The zero-order valence-electron chi connectivity index (χ0n) is 17.1. The van der Waals surface area contributed by atoms with Crippen molar-refractivity contribution in [3.63, 3.8) is 0 Å². The minimum atomic E-state index is -0.292. The lowest BCUT2D eigenvalue weighted by atomic mass is 10.0. The zero-order chi connectivity index (χ0) is 20.8. The highest BCUT2D eigenvalue weighted by Crippen LogP contribution is 2.28. The van der Waals surface area contributed by atoms with Gasteiger partial charge in [0, 0.05) is 5.56 Å². The summed E-state index contributed by atoms with van der Waals surface area (Å²) in [6.07, 6.45) is 1.45. The number of aryl methyl sites for hydroxylation is 1. The van der Waals surface area contributed by atoms with Crippen LogP contribution in [0.1, 0.15) is 52.9 Å². The predicted molar refractivity (Wildman–Crippen MR) is 109 cm³/mol. The second-order valence-electron chi connectivity index (χ2n) is 8.01. The van der Waals surface area contributed by atoms with Gasteiger partial charge in [0.1, 0.15) is 11.5 Å². The Kier molecular flexibility index (Phi) is 7.73. The molecule has 0 amide bonds. The van der Waals surface area contributed by atoms with Crippen molar-refractivity contribution in [2.45, 2.75) is 48.5 Å². The van der Waals surface area contributed by atoms with Crippen LogP contribution >= 0.6 is 0 Å². The molecule has 0 aliphatic heterocycles. The predicted octanol–water partition coefficient (Wildman–Crippen LogP) is 5.67. The van der Waals surface area contributed by atoms with Gasteiger partial charge in [-0.2, -0.15) is 0 Å². The van der Waals surface area contributed by atoms with Crippen LogP contribution in [-0.4, -0.2) is 16.8 Å². The van der Waals surface area contributed by atoms with Crippen LogP contribution in [0.15, 0.2) is 40.3 Å². The molecule has 0 atom stereocenters. The number of nitrogens with one attached hydrogen (secondary N) is 1. The lowest BCUT2D eigenvalue weighted by molar-refractivity contribution is -0.119. The molecular formula is C22H29NO4. The molecule has 1 heterocycles. The van der Waals surface area contributed by atoms with Crippen molar-refractivity contribution in [2.75, 3.05) is 5.48 Å². The molecule has 0 bridgehead atoms. The van der Waals surface area contributed by atoms with Crippen LogP contribution in [-0.2, 0) is 9.59 Å². The number of carbonyl (C=O) groups excluding carboxylic acids is 2. The van der Waals surface area contributed by atoms with Crippen LogP contribution < -0.4 is 5.48 Å². The van der Waals surface area contributed by atoms with Crippen molar-refractivity contribution in [1.82, 2.24) is 0 Å². The van der Waals surface area contributed by atoms with Crippen LogP contribution in [0.2, 0.25) is 0 Å². The molecular weight excluding hydrogens is 342 g/mol. The number of anilines is 1. The normalized spacial score (nSPS) is 10.5. The van der Waals surface area contributed by atoms with E-state index >= 15 is 0 Å². The molecule has 1 aromatic heterocycles. The van der Waals surface area contributed by atoms with Crippen molar-refractivity contribution < 1.29 is 19.2 Å². The zero-order valence-corrected chi connectivity index (χ0v) is 17.1. The van der Waals surface area contributed by atoms with Crippen LogP contribution in [0.5, 0.6) is 0 Å². The molecule has 0 saturated heterocycles. The second kappa shape index (κ2) is 9.33. The van der Waals surface area contributed by atoms with E-state index in [1.165, 1.54) is 19.9 Å². The Morgan fingerprint density at radius 2 is 1.59 bits per heavy atom. The van der Waals surface area contributed by atoms with Crippen molar-refractivity contribution in [3.05, 3.63) is 47.2 Å². The number of rotatable bonds is 5. The van der Waals surface area contributed by atoms with Gasteiger partial charge in [-0.25, -0.2) is 0 Å². The van der Waals surface area contributed by atoms with E-state index in [4.69, 9.17) is 9.62 Å². The van der Waals surface area contributed by atoms with E-state index in [2.05, 4.69) is 33.2 Å². The molecule has 0 radical (unpaired) electrons. The third kappa shape index (κ3) is 7.62. The molecule has 5 heteroatoms. The van der Waals surface area contributed by atoms with Crippen LogP contribution in [0.3, 0.4) is 0 Å². The quantitative estimate of drug-likeness (QED) is 0.306. The third-order valence-corrected chi connectivity index (χ3v) is 3.29. The Labute approximate surface area is 161 Å². The summed E-state index contributed by atoms with van der Waals surface area (Å²) in [5.41, 5.74) is 5.07. The highest BCUT2D eigenvalue weighted by molar-refractivity contribution is 6.21. The molecule has 2 aromatic rings. The van der Waals surface area contributed by atoms with E-state index in [1.54, 1.807) is 24.3 Å². The first-order valence-electron chi connectivity index (χ1n) is 8.77. The number of benzene rings is 1. The Balaban J connectivity index is 0.000000646. The molecule has 146 valence electrons. The van der Waals surface area contributed by atoms with Gasteiger partial charge in [-0.1, -0.05) is 27.7 Å². The largest absolute Gasteiger partial charge is 0.457 e. The monoisotopic (exact) mass is 371 g/mol. The first-order chi connectivity index (χ1) is 12.4. The van der Waals surface area contributed by atoms with Gasteiger partial charge in [-0.05, 0) is 68.2 Å². The molecule has 27 heavy (non-hydrogen) atoms. The molecule has 2 N–H and O–H groups in total. The summed E-state index contributed by atoms with van der Waals surface area (Å²) in [6, 6.07) is 8.80. The van der Waals surface area contributed by atoms with Crippen LogP contribution in [0.4, 0.5) is 5.69 Å². The van der Waals surface area contributed by atoms with Crippen LogP contribution in [0.25, 0.3) is 17.4 Å². The average Bonchev–Trinajstić information content (AvgIpc) is 2.98. The first-order valence-corrected chi connectivity index (χ1v) is 8.77. The van der Waals surface area contributed by atoms with Gasteiger partial charge < -0.3 is 4.42 Å². The fraction of sp³-hybridized carbons (Fsp3) is 0.364. The molecule has 0 aliphatic rings. The lowest BCUT2D eigenvalue weighted by Gasteiger charge is -2.05. The average molecular weight is 371 g/mol. The maximum Gasteiger partial charge on any atom is 0.163 e. The molecule has 1 aromatic carbocycles. The first kappa shape index (κ1) is 22.4. The van der Waals surface area contributed by atoms with Crippen molar-refractivity contribution >= 4 is 23.3 Å². The Morgan fingerprint density at radius 1 is 1.04 bits per heavy atom. The minimum absolute atomic E-state index is 0.109. The van der Waals surface area contributed by atoms with E-state index in [-0.39, 0.29) is 17.1 Å². The standard InChI is InChI=1S/C17H17NO4.C5H12/c1-10-8-13(18-21)4-6-15(10)17-7-5-14(22-17)9-16(11(2)19)12(3)20;1-5(2,3)4/h4-9,18,21H,1-3H3;1-4H3. The molecule has 0 aliphatic carbocycles. The van der Waals surface area contributed by atoms with Crippen LogP contribution in [0, 0.1) is 12.3 Å². The van der Waals surface area contributed by atoms with Crippen molar-refractivity contribution in [3.8, 4) is 11.3 Å². The number of allylic oxidation sites excluding steroid dienone is 1. The maximum absolute atomic E-state index is 11.4. The number of Topliss-reactive ketones (excluding diaryl/α,β-unsaturated/α-hetero) is 2. The van der Waals surface area contributed by atoms with Crippen molar-refractivity contribution in [2.24, 2.45) is 5.41 Å². The number of hydrogen-bond acceptors (Lipinski definition) is 5. The number of furan rings is 1. The summed E-state index contributed by atoms with van der Waals surface area (Å²) in [4.78, 5) is 22.9. The molecule has 0 fully saturated rings. The number of carbonyl (C=O) groups is 2. The molecule has 0 saturated carbocycles. The van der Waals surface area contributed by atoms with Gasteiger partial charge in [-0.15, -0.1) is 0 Å². The van der Waals surface area contributed by atoms with E-state index in [0.29, 0.717) is 22.6 Å². The van der Waals surface area contributed by atoms with Gasteiger partial charge in [0.15, 0.2) is 11.6 Å². The Bertz CT molecular complexity index is 816. The number of ketones is 2. The third-order valence-electron chi connectivity index (χ3n) is 3.29. The van der Waals surface area contributed by atoms with E-state index < -0.39 is 0 Å². The summed E-state index contributed by atoms with van der Waals surface area (Å²) >= 11 is 0. The summed E-state index contributed by atoms with van der Waals surface area (Å²) < 4.78 is 5.69. The van der Waals surface area contributed by atoms with Gasteiger partial charge in [-0.3, -0.25) is 20.3 Å². The Morgan fingerprint density at radius 3 is 2.04 bits per heavy atom. The molecule has 0 spiro atoms. The molecule has 0 unspecified atom stereocenters. The topological polar surface area (TPSA) is 79.5 Å². The smallest absolute Gasteiger partial charge is 0.163 e.